The molecule has 0 unspecified atom stereocenters. The number of fused-ring (bicyclic) bond motifs is 3. The second-order valence-corrected chi connectivity index (χ2v) is 12.8. The van der Waals surface area contributed by atoms with Crippen LogP contribution in [0.3, 0.4) is 0 Å². The highest BCUT2D eigenvalue weighted by molar-refractivity contribution is 5.82. The van der Waals surface area contributed by atoms with Gasteiger partial charge in [0.05, 0.1) is 0 Å². The van der Waals surface area contributed by atoms with Gasteiger partial charge >= 0.3 is 0 Å². The second-order valence-electron chi connectivity index (χ2n) is 12.8. The van der Waals surface area contributed by atoms with E-state index in [0.29, 0.717) is 0 Å². The highest BCUT2D eigenvalue weighted by Crippen LogP contribution is 2.54. The number of rotatable bonds is 22. The standard InChI is InChI=1S/C41H58/c1-5-9-11-13-15-17-19-21-23-25-31-41(32-26-24-22-20-18-16-14-12-10-6-2)39-33-35(7-3)27-29-37(39)38-30-28-36(8-4)34-40(38)41/h3-4,27-30,33-34H,5-6,9-26,31-32H2,1-2H3/i3+1,4+1,7+1,8+1. The Morgan fingerprint density at radius 2 is 0.780 bits per heavy atom. The summed E-state index contributed by atoms with van der Waals surface area (Å²) in [6, 6.07) is 13.5. The van der Waals surface area contributed by atoms with Crippen LogP contribution in [0.4, 0.5) is 0 Å². The van der Waals surface area contributed by atoms with Gasteiger partial charge in [-0.2, -0.15) is 0 Å². The van der Waals surface area contributed by atoms with Gasteiger partial charge in [-0.15, -0.1) is 12.8 Å². The SMILES string of the molecule is CCCCCCCCCCCCC1(CCCCCCCCCCCC)c2cc([13C]#[13CH])ccc2-c2ccc([13C]#[13CH])cc21. The van der Waals surface area contributed by atoms with E-state index in [1.807, 2.05) is 0 Å². The molecule has 0 fully saturated rings. The molecule has 0 aliphatic heterocycles. The van der Waals surface area contributed by atoms with E-state index < -0.39 is 0 Å². The molecule has 0 amide bonds. The highest BCUT2D eigenvalue weighted by Gasteiger charge is 2.42. The molecule has 0 saturated heterocycles. The van der Waals surface area contributed by atoms with Crippen molar-refractivity contribution in [1.29, 1.82) is 0 Å². The van der Waals surface area contributed by atoms with Crippen molar-refractivity contribution in [3.05, 3.63) is 58.7 Å². The first kappa shape index (κ1) is 33.1. The molecule has 0 heterocycles. The summed E-state index contributed by atoms with van der Waals surface area (Å²) in [5.74, 6) is 5.86. The van der Waals surface area contributed by atoms with Crippen LogP contribution in [0, 0.1) is 24.7 Å². The Balaban J connectivity index is 1.66. The van der Waals surface area contributed by atoms with Crippen molar-refractivity contribution in [3.8, 4) is 35.8 Å². The Labute approximate surface area is 254 Å². The van der Waals surface area contributed by atoms with E-state index in [2.05, 4.69) is 62.1 Å². The number of hydrogen-bond donors (Lipinski definition) is 0. The van der Waals surface area contributed by atoms with Crippen molar-refractivity contribution < 1.29 is 0 Å². The fraction of sp³-hybridized carbons (Fsp3) is 0.610. The van der Waals surface area contributed by atoms with Crippen LogP contribution < -0.4 is 0 Å². The highest BCUT2D eigenvalue weighted by atomic mass is 14.5. The van der Waals surface area contributed by atoms with E-state index >= 15 is 0 Å². The van der Waals surface area contributed by atoms with E-state index in [1.54, 1.807) is 0 Å². The molecule has 0 bridgehead atoms. The smallest absolute Gasteiger partial charge is 0.0246 e. The molecule has 3 rings (SSSR count). The van der Waals surface area contributed by atoms with Crippen molar-refractivity contribution >= 4 is 0 Å². The summed E-state index contributed by atoms with van der Waals surface area (Å²) in [6.45, 7) is 4.59. The van der Waals surface area contributed by atoms with Crippen LogP contribution in [-0.2, 0) is 5.41 Å². The number of unbranched alkanes of at least 4 members (excludes halogenated alkanes) is 18. The normalized spacial score (nSPS) is 13.0. The third kappa shape index (κ3) is 9.82. The predicted octanol–water partition coefficient (Wildman–Crippen LogP) is 12.5. The number of benzene rings is 2. The zero-order valence-corrected chi connectivity index (χ0v) is 26.7. The van der Waals surface area contributed by atoms with Gasteiger partial charge in [0, 0.05) is 16.5 Å². The van der Waals surface area contributed by atoms with E-state index in [-0.39, 0.29) is 5.41 Å². The molecule has 0 nitrogen and oxygen atoms in total. The lowest BCUT2D eigenvalue weighted by Crippen LogP contribution is -2.26. The lowest BCUT2D eigenvalue weighted by molar-refractivity contribution is 0.396. The lowest BCUT2D eigenvalue weighted by atomic mass is 9.70. The lowest BCUT2D eigenvalue weighted by Gasteiger charge is -2.33. The minimum absolute atomic E-state index is 0.0324. The average Bonchev–Trinajstić information content (AvgIpc) is 3.27. The van der Waals surface area contributed by atoms with Crippen LogP contribution in [0.15, 0.2) is 36.4 Å². The van der Waals surface area contributed by atoms with Gasteiger partial charge in [0.1, 0.15) is 0 Å². The molecule has 2 aromatic carbocycles. The Bertz CT molecular complexity index is 1010. The molecule has 0 radical (unpaired) electrons. The maximum Gasteiger partial charge on any atom is 0.0246 e. The number of terminal acetylenes is 2. The molecule has 41 heavy (non-hydrogen) atoms. The molecule has 0 atom stereocenters. The van der Waals surface area contributed by atoms with Crippen molar-refractivity contribution in [2.45, 2.75) is 161 Å². The van der Waals surface area contributed by atoms with Gasteiger partial charge in [-0.1, -0.05) is 166 Å². The van der Waals surface area contributed by atoms with Crippen LogP contribution in [0.5, 0.6) is 0 Å². The Hall–Kier alpha value is -2.44. The summed E-state index contributed by atoms with van der Waals surface area (Å²) >= 11 is 0. The molecular formula is C41H58. The molecule has 1 aliphatic rings. The van der Waals surface area contributed by atoms with Gasteiger partial charge in [0.2, 0.25) is 0 Å². The summed E-state index contributed by atoms with van der Waals surface area (Å²) in [5.41, 5.74) is 7.72. The molecule has 1 aliphatic carbocycles. The largest absolute Gasteiger partial charge is 0.115 e. The first-order chi connectivity index (χ1) is 20.2. The molecule has 0 heteroatoms. The maximum absolute atomic E-state index is 5.92. The van der Waals surface area contributed by atoms with Crippen LogP contribution in [0.1, 0.15) is 177 Å². The first-order valence-electron chi connectivity index (χ1n) is 17.4. The Morgan fingerprint density at radius 1 is 0.463 bits per heavy atom. The Kier molecular flexibility index (Phi) is 15.2. The first-order valence-corrected chi connectivity index (χ1v) is 17.4. The van der Waals surface area contributed by atoms with E-state index in [9.17, 15) is 0 Å². The van der Waals surface area contributed by atoms with Gasteiger partial charge in [-0.3, -0.25) is 0 Å². The van der Waals surface area contributed by atoms with E-state index in [0.717, 1.165) is 11.1 Å². The quantitative estimate of drug-likeness (QED) is 0.0771. The van der Waals surface area contributed by atoms with Gasteiger partial charge in [-0.05, 0) is 59.4 Å². The van der Waals surface area contributed by atoms with Crippen molar-refractivity contribution in [2.75, 3.05) is 0 Å². The molecule has 0 spiro atoms. The average molecular weight is 555 g/mol. The maximum atomic E-state index is 5.92. The minimum Gasteiger partial charge on any atom is -0.115 e. The molecule has 0 aromatic heterocycles. The zero-order valence-electron chi connectivity index (χ0n) is 26.7. The van der Waals surface area contributed by atoms with Crippen LogP contribution in [0.25, 0.3) is 11.1 Å². The molecule has 0 saturated carbocycles. The summed E-state index contributed by atoms with van der Waals surface area (Å²) in [6.07, 6.45) is 41.6. The Morgan fingerprint density at radius 3 is 1.10 bits per heavy atom. The predicted molar refractivity (Wildman–Crippen MR) is 181 cm³/mol. The van der Waals surface area contributed by atoms with Crippen LogP contribution >= 0.6 is 0 Å². The third-order valence-corrected chi connectivity index (χ3v) is 9.61. The van der Waals surface area contributed by atoms with Gasteiger partial charge < -0.3 is 0 Å². The van der Waals surface area contributed by atoms with Gasteiger partial charge in [0.25, 0.3) is 0 Å². The molecule has 222 valence electrons. The van der Waals surface area contributed by atoms with Crippen LogP contribution in [0.2, 0.25) is 0 Å². The fourth-order valence-corrected chi connectivity index (χ4v) is 7.17. The summed E-state index contributed by atoms with van der Waals surface area (Å²) in [5, 5.41) is 0. The summed E-state index contributed by atoms with van der Waals surface area (Å²) < 4.78 is 0. The molecule has 0 N–H and O–H groups in total. The molecular weight excluding hydrogens is 496 g/mol. The van der Waals surface area contributed by atoms with Crippen molar-refractivity contribution in [3.63, 3.8) is 0 Å². The third-order valence-electron chi connectivity index (χ3n) is 9.61. The topological polar surface area (TPSA) is 0 Å². The minimum atomic E-state index is 0.0324. The summed E-state index contributed by atoms with van der Waals surface area (Å²) in [4.78, 5) is 0. The van der Waals surface area contributed by atoms with E-state index in [4.69, 9.17) is 12.8 Å². The summed E-state index contributed by atoms with van der Waals surface area (Å²) in [7, 11) is 0. The number of hydrogen-bond acceptors (Lipinski definition) is 0. The van der Waals surface area contributed by atoms with Crippen molar-refractivity contribution in [1.82, 2.24) is 0 Å². The van der Waals surface area contributed by atoms with Gasteiger partial charge in [0.15, 0.2) is 0 Å². The molecule has 2 aromatic rings. The fourth-order valence-electron chi connectivity index (χ4n) is 7.17. The second kappa shape index (κ2) is 18.9. The zero-order chi connectivity index (χ0) is 29.2. The van der Waals surface area contributed by atoms with Gasteiger partial charge in [-0.25, -0.2) is 0 Å². The van der Waals surface area contributed by atoms with Crippen molar-refractivity contribution in [2.24, 2.45) is 0 Å². The monoisotopic (exact) mass is 554 g/mol. The van der Waals surface area contributed by atoms with E-state index in [1.165, 1.54) is 164 Å². The van der Waals surface area contributed by atoms with Crippen LogP contribution in [-0.4, -0.2) is 0 Å².